The van der Waals surface area contributed by atoms with E-state index in [9.17, 15) is 13.2 Å². The SMILES string of the molecule is COCCS(=O)(=O)c1cc(C(=O)O)ccc1Br. The lowest BCUT2D eigenvalue weighted by Gasteiger charge is -2.07. The molecule has 1 aromatic rings. The fourth-order valence-electron chi connectivity index (χ4n) is 1.18. The van der Waals surface area contributed by atoms with Crippen LogP contribution < -0.4 is 0 Å². The van der Waals surface area contributed by atoms with Crippen LogP contribution in [0.25, 0.3) is 0 Å². The molecule has 5 nitrogen and oxygen atoms in total. The summed E-state index contributed by atoms with van der Waals surface area (Å²) in [7, 11) is -2.14. The average Bonchev–Trinajstić information content (AvgIpc) is 2.26. The molecule has 0 fully saturated rings. The van der Waals surface area contributed by atoms with Gasteiger partial charge in [0, 0.05) is 11.6 Å². The predicted molar refractivity (Wildman–Crippen MR) is 65.0 cm³/mol. The first-order chi connectivity index (χ1) is 7.88. The summed E-state index contributed by atoms with van der Waals surface area (Å²) in [6.07, 6.45) is 0. The van der Waals surface area contributed by atoms with Gasteiger partial charge in [-0.25, -0.2) is 13.2 Å². The van der Waals surface area contributed by atoms with Crippen molar-refractivity contribution in [2.24, 2.45) is 0 Å². The quantitative estimate of drug-likeness (QED) is 0.889. The van der Waals surface area contributed by atoms with E-state index in [0.717, 1.165) is 6.07 Å². The summed E-state index contributed by atoms with van der Waals surface area (Å²) in [5.41, 5.74) is -0.0656. The maximum atomic E-state index is 11.9. The number of hydrogen-bond donors (Lipinski definition) is 1. The highest BCUT2D eigenvalue weighted by molar-refractivity contribution is 9.10. The van der Waals surface area contributed by atoms with Gasteiger partial charge in [-0.2, -0.15) is 0 Å². The minimum absolute atomic E-state index is 0.0329. The molecular weight excluding hydrogens is 312 g/mol. The molecule has 0 unspecified atom stereocenters. The van der Waals surface area contributed by atoms with Crippen LogP contribution in [-0.2, 0) is 14.6 Å². The van der Waals surface area contributed by atoms with Gasteiger partial charge in [0.05, 0.1) is 22.8 Å². The number of methoxy groups -OCH3 is 1. The molecule has 1 aromatic carbocycles. The molecule has 1 rings (SSSR count). The number of carbonyl (C=O) groups is 1. The van der Waals surface area contributed by atoms with E-state index in [1.165, 1.54) is 19.2 Å². The van der Waals surface area contributed by atoms with Crippen molar-refractivity contribution >= 4 is 31.7 Å². The second-order valence-electron chi connectivity index (χ2n) is 3.26. The molecule has 0 atom stereocenters. The van der Waals surface area contributed by atoms with Crippen LogP contribution in [0.5, 0.6) is 0 Å². The van der Waals surface area contributed by atoms with Gasteiger partial charge in [0.1, 0.15) is 0 Å². The van der Waals surface area contributed by atoms with Gasteiger partial charge in [-0.05, 0) is 34.1 Å². The van der Waals surface area contributed by atoms with Crippen LogP contribution in [0.15, 0.2) is 27.6 Å². The van der Waals surface area contributed by atoms with Crippen molar-refractivity contribution in [2.75, 3.05) is 19.5 Å². The molecule has 0 heterocycles. The summed E-state index contributed by atoms with van der Waals surface area (Å²) >= 11 is 3.09. The van der Waals surface area contributed by atoms with Gasteiger partial charge in [-0.3, -0.25) is 0 Å². The summed E-state index contributed by atoms with van der Waals surface area (Å²) in [6, 6.07) is 3.88. The Kier molecular flexibility index (Phi) is 4.67. The number of benzene rings is 1. The van der Waals surface area contributed by atoms with E-state index in [4.69, 9.17) is 9.84 Å². The molecule has 0 amide bonds. The molecule has 0 radical (unpaired) electrons. The summed E-state index contributed by atoms with van der Waals surface area (Å²) < 4.78 is 28.8. The molecule has 17 heavy (non-hydrogen) atoms. The number of halogens is 1. The Hall–Kier alpha value is -0.920. The third-order valence-electron chi connectivity index (χ3n) is 2.07. The lowest BCUT2D eigenvalue weighted by atomic mass is 10.2. The summed E-state index contributed by atoms with van der Waals surface area (Å²) in [5, 5.41) is 8.81. The molecule has 0 aliphatic carbocycles. The van der Waals surface area contributed by atoms with Crippen molar-refractivity contribution in [1.29, 1.82) is 0 Å². The topological polar surface area (TPSA) is 80.7 Å². The number of ether oxygens (including phenoxy) is 1. The number of carboxylic acid groups (broad SMARTS) is 1. The number of hydrogen-bond acceptors (Lipinski definition) is 4. The van der Waals surface area contributed by atoms with Crippen LogP contribution in [0.2, 0.25) is 0 Å². The molecule has 0 saturated heterocycles. The van der Waals surface area contributed by atoms with Gasteiger partial charge in [0.2, 0.25) is 0 Å². The Morgan fingerprint density at radius 1 is 1.47 bits per heavy atom. The largest absolute Gasteiger partial charge is 0.478 e. The van der Waals surface area contributed by atoms with Crippen molar-refractivity contribution in [3.05, 3.63) is 28.2 Å². The zero-order chi connectivity index (χ0) is 13.1. The third-order valence-corrected chi connectivity index (χ3v) is 4.74. The Labute approximate surface area is 107 Å². The molecule has 94 valence electrons. The average molecular weight is 323 g/mol. The van der Waals surface area contributed by atoms with Crippen LogP contribution in [0, 0.1) is 0 Å². The van der Waals surface area contributed by atoms with E-state index in [1.54, 1.807) is 0 Å². The van der Waals surface area contributed by atoms with Crippen LogP contribution in [0.1, 0.15) is 10.4 Å². The molecule has 1 N–H and O–H groups in total. The van der Waals surface area contributed by atoms with Gasteiger partial charge in [-0.1, -0.05) is 0 Å². The molecule has 0 aliphatic heterocycles. The second kappa shape index (κ2) is 5.61. The first-order valence-electron chi connectivity index (χ1n) is 4.63. The lowest BCUT2D eigenvalue weighted by molar-refractivity contribution is 0.0696. The van der Waals surface area contributed by atoms with Crippen molar-refractivity contribution in [1.82, 2.24) is 0 Å². The van der Waals surface area contributed by atoms with E-state index < -0.39 is 15.8 Å². The third kappa shape index (κ3) is 3.52. The van der Waals surface area contributed by atoms with Crippen LogP contribution in [0.3, 0.4) is 0 Å². The molecule has 0 aliphatic rings. The standard InChI is InChI=1S/C10H11BrO5S/c1-16-4-5-17(14,15)9-6-7(10(12)13)2-3-8(9)11/h2-3,6H,4-5H2,1H3,(H,12,13). The van der Waals surface area contributed by atoms with E-state index >= 15 is 0 Å². The summed E-state index contributed by atoms with van der Waals surface area (Å²) in [4.78, 5) is 10.7. The fraction of sp³-hybridized carbons (Fsp3) is 0.300. The minimum Gasteiger partial charge on any atom is -0.478 e. The zero-order valence-corrected chi connectivity index (χ0v) is 11.4. The van der Waals surface area contributed by atoms with E-state index in [2.05, 4.69) is 15.9 Å². The van der Waals surface area contributed by atoms with Gasteiger partial charge in [0.25, 0.3) is 0 Å². The Morgan fingerprint density at radius 3 is 2.65 bits per heavy atom. The molecule has 0 spiro atoms. The van der Waals surface area contributed by atoms with E-state index in [0.29, 0.717) is 4.47 Å². The van der Waals surface area contributed by atoms with Crippen LogP contribution >= 0.6 is 15.9 Å². The summed E-state index contributed by atoms with van der Waals surface area (Å²) in [5.74, 6) is -1.36. The van der Waals surface area contributed by atoms with Gasteiger partial charge < -0.3 is 9.84 Å². The zero-order valence-electron chi connectivity index (χ0n) is 9.01. The fourth-order valence-corrected chi connectivity index (χ4v) is 3.44. The Bertz CT molecular complexity index is 523. The van der Waals surface area contributed by atoms with Crippen LogP contribution in [-0.4, -0.2) is 39.0 Å². The van der Waals surface area contributed by atoms with Crippen LogP contribution in [0.4, 0.5) is 0 Å². The smallest absolute Gasteiger partial charge is 0.335 e. The maximum Gasteiger partial charge on any atom is 0.335 e. The Morgan fingerprint density at radius 2 is 2.12 bits per heavy atom. The predicted octanol–water partition coefficient (Wildman–Crippen LogP) is 1.57. The second-order valence-corrected chi connectivity index (χ2v) is 6.19. The minimum atomic E-state index is -3.54. The van der Waals surface area contributed by atoms with Gasteiger partial charge >= 0.3 is 5.97 Å². The maximum absolute atomic E-state index is 11.9. The molecule has 0 aromatic heterocycles. The number of aromatic carboxylic acids is 1. The highest BCUT2D eigenvalue weighted by Gasteiger charge is 2.19. The first kappa shape index (κ1) is 14.1. The van der Waals surface area contributed by atoms with Gasteiger partial charge in [-0.15, -0.1) is 0 Å². The van der Waals surface area contributed by atoms with Crippen molar-refractivity contribution in [3.8, 4) is 0 Å². The van der Waals surface area contributed by atoms with E-state index in [-0.39, 0.29) is 22.8 Å². The first-order valence-corrected chi connectivity index (χ1v) is 7.07. The molecule has 0 saturated carbocycles. The molecule has 7 heteroatoms. The van der Waals surface area contributed by atoms with E-state index in [1.807, 2.05) is 0 Å². The monoisotopic (exact) mass is 322 g/mol. The van der Waals surface area contributed by atoms with Gasteiger partial charge in [0.15, 0.2) is 9.84 Å². The number of sulfone groups is 1. The normalized spacial score (nSPS) is 11.4. The number of rotatable bonds is 5. The number of carboxylic acids is 1. The molecule has 0 bridgehead atoms. The van der Waals surface area contributed by atoms with Crippen molar-refractivity contribution in [2.45, 2.75) is 4.90 Å². The molecular formula is C10H11BrO5S. The highest BCUT2D eigenvalue weighted by Crippen LogP contribution is 2.24. The van der Waals surface area contributed by atoms with Crippen molar-refractivity contribution < 1.29 is 23.1 Å². The highest BCUT2D eigenvalue weighted by atomic mass is 79.9. The summed E-state index contributed by atoms with van der Waals surface area (Å²) in [6.45, 7) is 0.0616. The Balaban J connectivity index is 3.20. The van der Waals surface area contributed by atoms with Crippen molar-refractivity contribution in [3.63, 3.8) is 0 Å². The lowest BCUT2D eigenvalue weighted by Crippen LogP contribution is -2.13.